The molecule has 3 rings (SSSR count). The number of carbonyl (C=O) groups excluding carboxylic acids is 2. The summed E-state index contributed by atoms with van der Waals surface area (Å²) in [6.07, 6.45) is 1.51. The molecule has 0 aliphatic carbocycles. The van der Waals surface area contributed by atoms with Crippen molar-refractivity contribution in [3.63, 3.8) is 0 Å². The van der Waals surface area contributed by atoms with Crippen LogP contribution in [0.15, 0.2) is 47.1 Å². The van der Waals surface area contributed by atoms with Crippen molar-refractivity contribution in [1.29, 1.82) is 0 Å². The van der Waals surface area contributed by atoms with Crippen molar-refractivity contribution in [2.45, 2.75) is 5.03 Å². The van der Waals surface area contributed by atoms with Gasteiger partial charge in [-0.05, 0) is 35.7 Å². The van der Waals surface area contributed by atoms with Crippen LogP contribution in [-0.4, -0.2) is 34.6 Å². The Labute approximate surface area is 146 Å². The van der Waals surface area contributed by atoms with E-state index in [1.165, 1.54) is 18.1 Å². The van der Waals surface area contributed by atoms with Crippen molar-refractivity contribution >= 4 is 50.8 Å². The Morgan fingerprint density at radius 3 is 2.71 bits per heavy atom. The fraction of sp³-hybridized carbons (Fsp3) is 0.125. The Balaban J connectivity index is 1.59. The monoisotopic (exact) mass is 358 g/mol. The first-order valence-electron chi connectivity index (χ1n) is 7.10. The third-order valence-corrected chi connectivity index (χ3v) is 5.05. The standard InChI is InChI=1S/C16H14N4O2S2/c1-17-14(22)10-2-4-11(5-3-10)20-13(21)8-24-16-12-6-7-23-15(12)18-9-19-16/h2-7,9H,8H2,1H3,(H,17,22)(H,20,21). The number of hydrogen-bond acceptors (Lipinski definition) is 6. The van der Waals surface area contributed by atoms with Gasteiger partial charge in [-0.1, -0.05) is 11.8 Å². The molecule has 2 amide bonds. The number of carbonyl (C=O) groups is 2. The highest BCUT2D eigenvalue weighted by Crippen LogP contribution is 2.27. The van der Waals surface area contributed by atoms with E-state index in [1.54, 1.807) is 42.6 Å². The van der Waals surface area contributed by atoms with E-state index in [4.69, 9.17) is 0 Å². The molecule has 0 saturated carbocycles. The molecule has 0 aliphatic rings. The third kappa shape index (κ3) is 3.72. The van der Waals surface area contributed by atoms with E-state index in [0.29, 0.717) is 11.3 Å². The second kappa shape index (κ2) is 7.41. The lowest BCUT2D eigenvalue weighted by Gasteiger charge is -2.06. The molecule has 0 aliphatic heterocycles. The van der Waals surface area contributed by atoms with Crippen LogP contribution in [0.2, 0.25) is 0 Å². The van der Waals surface area contributed by atoms with Crippen LogP contribution < -0.4 is 10.6 Å². The molecule has 0 radical (unpaired) electrons. The van der Waals surface area contributed by atoms with E-state index in [-0.39, 0.29) is 17.6 Å². The third-order valence-electron chi connectivity index (χ3n) is 3.22. The molecule has 8 heteroatoms. The van der Waals surface area contributed by atoms with Gasteiger partial charge in [0.15, 0.2) is 0 Å². The zero-order valence-electron chi connectivity index (χ0n) is 12.8. The molecule has 0 unspecified atom stereocenters. The Morgan fingerprint density at radius 2 is 1.96 bits per heavy atom. The number of fused-ring (bicyclic) bond motifs is 1. The Bertz CT molecular complexity index is 877. The van der Waals surface area contributed by atoms with E-state index in [9.17, 15) is 9.59 Å². The molecule has 0 saturated heterocycles. The van der Waals surface area contributed by atoms with Crippen molar-refractivity contribution in [2.75, 3.05) is 18.1 Å². The van der Waals surface area contributed by atoms with E-state index >= 15 is 0 Å². The predicted octanol–water partition coefficient (Wildman–Crippen LogP) is 2.78. The maximum absolute atomic E-state index is 12.1. The molecule has 1 aromatic carbocycles. The largest absolute Gasteiger partial charge is 0.355 e. The number of thiophene rings is 1. The van der Waals surface area contributed by atoms with Gasteiger partial charge < -0.3 is 10.6 Å². The van der Waals surface area contributed by atoms with Crippen LogP contribution in [-0.2, 0) is 4.79 Å². The van der Waals surface area contributed by atoms with Gasteiger partial charge in [0.25, 0.3) is 5.91 Å². The molecular formula is C16H14N4O2S2. The molecule has 0 bridgehead atoms. The topological polar surface area (TPSA) is 84.0 Å². The van der Waals surface area contributed by atoms with Gasteiger partial charge in [-0.2, -0.15) is 0 Å². The van der Waals surface area contributed by atoms with Gasteiger partial charge >= 0.3 is 0 Å². The molecule has 0 fully saturated rings. The van der Waals surface area contributed by atoms with Crippen LogP contribution in [0.5, 0.6) is 0 Å². The van der Waals surface area contributed by atoms with Crippen molar-refractivity contribution < 1.29 is 9.59 Å². The van der Waals surface area contributed by atoms with Crippen molar-refractivity contribution in [3.05, 3.63) is 47.6 Å². The minimum absolute atomic E-state index is 0.130. The van der Waals surface area contributed by atoms with Crippen molar-refractivity contribution in [2.24, 2.45) is 0 Å². The first-order chi connectivity index (χ1) is 11.7. The molecule has 2 heterocycles. The first kappa shape index (κ1) is 16.4. The Kier molecular flexibility index (Phi) is 5.07. The number of nitrogens with one attached hydrogen (secondary N) is 2. The number of nitrogens with zero attached hydrogens (tertiary/aromatic N) is 2. The van der Waals surface area contributed by atoms with E-state index < -0.39 is 0 Å². The number of amides is 2. The van der Waals surface area contributed by atoms with Gasteiger partial charge in [0, 0.05) is 23.7 Å². The fourth-order valence-corrected chi connectivity index (χ4v) is 3.64. The minimum atomic E-state index is -0.160. The molecule has 122 valence electrons. The highest BCUT2D eigenvalue weighted by Gasteiger charge is 2.09. The zero-order valence-corrected chi connectivity index (χ0v) is 14.4. The number of hydrogen-bond donors (Lipinski definition) is 2. The first-order valence-corrected chi connectivity index (χ1v) is 8.97. The predicted molar refractivity (Wildman–Crippen MR) is 96.6 cm³/mol. The van der Waals surface area contributed by atoms with Gasteiger partial charge in [-0.15, -0.1) is 11.3 Å². The summed E-state index contributed by atoms with van der Waals surface area (Å²) in [5.74, 6) is -0.0410. The summed E-state index contributed by atoms with van der Waals surface area (Å²) in [5, 5.41) is 9.08. The second-order valence-electron chi connectivity index (χ2n) is 4.81. The average Bonchev–Trinajstić information content (AvgIpc) is 3.09. The summed E-state index contributed by atoms with van der Waals surface area (Å²) in [6, 6.07) is 8.70. The van der Waals surface area contributed by atoms with Gasteiger partial charge in [-0.25, -0.2) is 9.97 Å². The van der Waals surface area contributed by atoms with Crippen LogP contribution >= 0.6 is 23.1 Å². The Hall–Kier alpha value is -2.45. The van der Waals surface area contributed by atoms with Crippen LogP contribution in [0.1, 0.15) is 10.4 Å². The van der Waals surface area contributed by atoms with Gasteiger partial charge in [-0.3, -0.25) is 9.59 Å². The number of benzene rings is 1. The number of aromatic nitrogens is 2. The van der Waals surface area contributed by atoms with Crippen LogP contribution in [0.4, 0.5) is 5.69 Å². The SMILES string of the molecule is CNC(=O)c1ccc(NC(=O)CSc2ncnc3sccc23)cc1. The second-order valence-corrected chi connectivity index (χ2v) is 6.67. The highest BCUT2D eigenvalue weighted by atomic mass is 32.2. The molecule has 2 aromatic heterocycles. The van der Waals surface area contributed by atoms with Crippen LogP contribution in [0, 0.1) is 0 Å². The van der Waals surface area contributed by atoms with Crippen molar-refractivity contribution in [1.82, 2.24) is 15.3 Å². The molecule has 2 N–H and O–H groups in total. The summed E-state index contributed by atoms with van der Waals surface area (Å²) in [7, 11) is 1.58. The quantitative estimate of drug-likeness (QED) is 0.541. The van der Waals surface area contributed by atoms with Crippen molar-refractivity contribution in [3.8, 4) is 0 Å². The Morgan fingerprint density at radius 1 is 1.17 bits per heavy atom. The maximum atomic E-state index is 12.1. The fourth-order valence-electron chi connectivity index (χ4n) is 2.06. The summed E-state index contributed by atoms with van der Waals surface area (Å²) in [6.45, 7) is 0. The molecule has 3 aromatic rings. The number of anilines is 1. The van der Waals surface area contributed by atoms with Gasteiger partial charge in [0.1, 0.15) is 16.2 Å². The lowest BCUT2D eigenvalue weighted by atomic mass is 10.2. The lowest BCUT2D eigenvalue weighted by molar-refractivity contribution is -0.113. The van der Waals surface area contributed by atoms with Crippen LogP contribution in [0.25, 0.3) is 10.2 Å². The van der Waals surface area contributed by atoms with E-state index in [2.05, 4.69) is 20.6 Å². The molecule has 0 atom stereocenters. The zero-order chi connectivity index (χ0) is 16.9. The summed E-state index contributed by atoms with van der Waals surface area (Å²) >= 11 is 2.92. The summed E-state index contributed by atoms with van der Waals surface area (Å²) < 4.78 is 0. The molecule has 24 heavy (non-hydrogen) atoms. The average molecular weight is 358 g/mol. The van der Waals surface area contributed by atoms with E-state index in [1.807, 2.05) is 11.4 Å². The molecule has 6 nitrogen and oxygen atoms in total. The summed E-state index contributed by atoms with van der Waals surface area (Å²) in [5.41, 5.74) is 1.20. The lowest BCUT2D eigenvalue weighted by Crippen LogP contribution is -2.18. The van der Waals surface area contributed by atoms with Crippen LogP contribution in [0.3, 0.4) is 0 Å². The normalized spacial score (nSPS) is 10.5. The summed E-state index contributed by atoms with van der Waals surface area (Å²) in [4.78, 5) is 32.9. The minimum Gasteiger partial charge on any atom is -0.355 e. The molecule has 0 spiro atoms. The number of rotatable bonds is 5. The van der Waals surface area contributed by atoms with E-state index in [0.717, 1.165) is 15.2 Å². The number of thioether (sulfide) groups is 1. The maximum Gasteiger partial charge on any atom is 0.251 e. The smallest absolute Gasteiger partial charge is 0.251 e. The highest BCUT2D eigenvalue weighted by molar-refractivity contribution is 8.00. The van der Waals surface area contributed by atoms with Gasteiger partial charge in [0.2, 0.25) is 5.91 Å². The molecular weight excluding hydrogens is 344 g/mol. The van der Waals surface area contributed by atoms with Gasteiger partial charge in [0.05, 0.1) is 5.75 Å².